The lowest BCUT2D eigenvalue weighted by molar-refractivity contribution is 0.382. The Morgan fingerprint density at radius 3 is 2.38 bits per heavy atom. The molecule has 0 radical (unpaired) electrons. The lowest BCUT2D eigenvalue weighted by Crippen LogP contribution is -2.40. The van der Waals surface area contributed by atoms with Gasteiger partial charge in [0, 0.05) is 16.1 Å². The molecular formula is C21H27BrN2. The molecule has 128 valence electrons. The monoisotopic (exact) mass is 386 g/mol. The first-order valence-electron chi connectivity index (χ1n) is 8.38. The molecule has 2 atom stereocenters. The van der Waals surface area contributed by atoms with Crippen molar-refractivity contribution < 1.29 is 0 Å². The average molecular weight is 387 g/mol. The van der Waals surface area contributed by atoms with E-state index in [0.29, 0.717) is 6.04 Å². The quantitative estimate of drug-likeness (QED) is 0.603. The first-order chi connectivity index (χ1) is 11.4. The molecule has 3 heteroatoms. The van der Waals surface area contributed by atoms with Crippen LogP contribution in [-0.2, 0) is 5.54 Å². The average Bonchev–Trinajstić information content (AvgIpc) is 2.55. The molecule has 0 saturated heterocycles. The molecule has 0 saturated carbocycles. The van der Waals surface area contributed by atoms with Crippen LogP contribution in [0.2, 0.25) is 0 Å². The molecule has 1 unspecified atom stereocenters. The van der Waals surface area contributed by atoms with Crippen molar-refractivity contribution >= 4 is 15.9 Å². The van der Waals surface area contributed by atoms with Gasteiger partial charge in [0.2, 0.25) is 0 Å². The molecule has 0 heterocycles. The minimum Gasteiger partial charge on any atom is -0.321 e. The highest BCUT2D eigenvalue weighted by Gasteiger charge is 2.26. The number of hydrogen-bond acceptors (Lipinski definition) is 2. The van der Waals surface area contributed by atoms with Crippen molar-refractivity contribution in [2.45, 2.75) is 38.3 Å². The Morgan fingerprint density at radius 2 is 1.79 bits per heavy atom. The molecule has 0 aliphatic heterocycles. The third kappa shape index (κ3) is 5.30. The van der Waals surface area contributed by atoms with E-state index in [9.17, 15) is 0 Å². The van der Waals surface area contributed by atoms with Gasteiger partial charge >= 0.3 is 0 Å². The van der Waals surface area contributed by atoms with Crippen LogP contribution in [0.4, 0.5) is 0 Å². The van der Waals surface area contributed by atoms with Crippen molar-refractivity contribution in [3.8, 4) is 0 Å². The third-order valence-electron chi connectivity index (χ3n) is 4.36. The van der Waals surface area contributed by atoms with Crippen molar-refractivity contribution in [2.75, 3.05) is 6.54 Å². The van der Waals surface area contributed by atoms with E-state index in [1.165, 1.54) is 11.1 Å². The molecule has 24 heavy (non-hydrogen) atoms. The van der Waals surface area contributed by atoms with Crippen molar-refractivity contribution in [2.24, 2.45) is 5.73 Å². The molecule has 3 N–H and O–H groups in total. The van der Waals surface area contributed by atoms with E-state index in [1.54, 1.807) is 0 Å². The Kier molecular flexibility index (Phi) is 6.79. The van der Waals surface area contributed by atoms with Crippen molar-refractivity contribution in [1.82, 2.24) is 5.32 Å². The van der Waals surface area contributed by atoms with E-state index in [4.69, 9.17) is 5.73 Å². The van der Waals surface area contributed by atoms with E-state index >= 15 is 0 Å². The van der Waals surface area contributed by atoms with Gasteiger partial charge in [-0.15, -0.1) is 6.58 Å². The first kappa shape index (κ1) is 18.9. The summed E-state index contributed by atoms with van der Waals surface area (Å²) >= 11 is 3.48. The van der Waals surface area contributed by atoms with Gasteiger partial charge in [-0.2, -0.15) is 0 Å². The molecule has 0 aliphatic carbocycles. The summed E-state index contributed by atoms with van der Waals surface area (Å²) in [5, 5.41) is 3.59. The predicted molar refractivity (Wildman–Crippen MR) is 107 cm³/mol. The number of hydrogen-bond donors (Lipinski definition) is 2. The number of nitrogens with one attached hydrogen (secondary N) is 1. The zero-order chi connectivity index (χ0) is 17.6. The van der Waals surface area contributed by atoms with E-state index in [1.807, 2.05) is 25.1 Å². The van der Waals surface area contributed by atoms with E-state index in [-0.39, 0.29) is 5.54 Å². The minimum atomic E-state index is -0.375. The molecule has 0 amide bonds. The van der Waals surface area contributed by atoms with Crippen LogP contribution in [-0.4, -0.2) is 6.54 Å². The van der Waals surface area contributed by atoms with Crippen molar-refractivity contribution in [3.63, 3.8) is 0 Å². The molecular weight excluding hydrogens is 360 g/mol. The molecule has 0 fully saturated rings. The first-order valence-corrected chi connectivity index (χ1v) is 9.18. The van der Waals surface area contributed by atoms with Gasteiger partial charge in [0.15, 0.2) is 0 Å². The summed E-state index contributed by atoms with van der Waals surface area (Å²) < 4.78 is 1.10. The fraction of sp³-hybridized carbons (Fsp3) is 0.333. The lowest BCUT2D eigenvalue weighted by Gasteiger charge is -2.31. The van der Waals surface area contributed by atoms with E-state index < -0.39 is 0 Å². The highest BCUT2D eigenvalue weighted by atomic mass is 79.9. The van der Waals surface area contributed by atoms with Gasteiger partial charge < -0.3 is 11.1 Å². The summed E-state index contributed by atoms with van der Waals surface area (Å²) in [5.74, 6) is 0. The molecule has 0 spiro atoms. The summed E-state index contributed by atoms with van der Waals surface area (Å²) in [6.45, 7) is 9.14. The van der Waals surface area contributed by atoms with Crippen LogP contribution >= 0.6 is 15.9 Å². The molecule has 0 aromatic heterocycles. The minimum absolute atomic E-state index is 0.294. The molecule has 2 aromatic carbocycles. The van der Waals surface area contributed by atoms with Gasteiger partial charge in [-0.05, 0) is 56.5 Å². The van der Waals surface area contributed by atoms with Gasteiger partial charge in [0.25, 0.3) is 0 Å². The van der Waals surface area contributed by atoms with Crippen LogP contribution in [0.3, 0.4) is 0 Å². The maximum Gasteiger partial charge on any atom is 0.0459 e. The van der Waals surface area contributed by atoms with Gasteiger partial charge in [0.05, 0.1) is 0 Å². The van der Waals surface area contributed by atoms with Crippen molar-refractivity contribution in [3.05, 3.63) is 82.3 Å². The zero-order valence-corrected chi connectivity index (χ0v) is 16.1. The maximum absolute atomic E-state index is 6.76. The van der Waals surface area contributed by atoms with Crippen LogP contribution < -0.4 is 11.1 Å². The Morgan fingerprint density at radius 1 is 1.17 bits per heavy atom. The van der Waals surface area contributed by atoms with Gasteiger partial charge in [-0.3, -0.25) is 0 Å². The second-order valence-electron chi connectivity index (χ2n) is 6.63. The number of halogens is 1. The lowest BCUT2D eigenvalue weighted by atomic mass is 9.82. The summed E-state index contributed by atoms with van der Waals surface area (Å²) in [5.41, 5.74) is 9.95. The van der Waals surface area contributed by atoms with E-state index in [0.717, 1.165) is 29.4 Å². The topological polar surface area (TPSA) is 38.0 Å². The number of benzene rings is 2. The Labute approximate surface area is 154 Å². The summed E-state index contributed by atoms with van der Waals surface area (Å²) in [4.78, 5) is 0. The maximum atomic E-state index is 6.76. The molecule has 2 nitrogen and oxygen atoms in total. The smallest absolute Gasteiger partial charge is 0.0459 e. The summed E-state index contributed by atoms with van der Waals surface area (Å²) in [7, 11) is 0. The molecule has 2 aromatic rings. The highest BCUT2D eigenvalue weighted by Crippen LogP contribution is 2.29. The van der Waals surface area contributed by atoms with Gasteiger partial charge in [-0.25, -0.2) is 0 Å². The molecule has 0 aliphatic rings. The summed E-state index contributed by atoms with van der Waals surface area (Å²) in [6, 6.07) is 19.1. The highest BCUT2D eigenvalue weighted by molar-refractivity contribution is 9.10. The molecule has 2 rings (SSSR count). The normalized spacial score (nSPS) is 14.8. The SMILES string of the molecule is C=C(C)C[C@](N)(CCNC(C)c1ccc(Br)cc1)c1ccccc1. The molecule has 0 bridgehead atoms. The van der Waals surface area contributed by atoms with Gasteiger partial charge in [0.1, 0.15) is 0 Å². The second-order valence-corrected chi connectivity index (χ2v) is 7.55. The van der Waals surface area contributed by atoms with Crippen LogP contribution in [0.1, 0.15) is 43.9 Å². The van der Waals surface area contributed by atoms with Crippen LogP contribution in [0.15, 0.2) is 71.2 Å². The van der Waals surface area contributed by atoms with Crippen molar-refractivity contribution in [1.29, 1.82) is 0 Å². The largest absolute Gasteiger partial charge is 0.321 e. The van der Waals surface area contributed by atoms with E-state index in [2.05, 4.69) is 71.1 Å². The number of nitrogens with two attached hydrogens (primary N) is 1. The Hall–Kier alpha value is -1.42. The van der Waals surface area contributed by atoms with Gasteiger partial charge in [-0.1, -0.05) is 64.0 Å². The third-order valence-corrected chi connectivity index (χ3v) is 4.89. The standard InChI is InChI=1S/C21H27BrN2/c1-16(2)15-21(23,19-7-5-4-6-8-19)13-14-24-17(3)18-9-11-20(22)12-10-18/h4-12,17,24H,1,13-15,23H2,2-3H3/t17?,21-/m1/s1. The Balaban J connectivity index is 2.00. The fourth-order valence-corrected chi connectivity index (χ4v) is 3.29. The fourth-order valence-electron chi connectivity index (χ4n) is 3.02. The van der Waals surface area contributed by atoms with Crippen LogP contribution in [0, 0.1) is 0 Å². The van der Waals surface area contributed by atoms with Crippen LogP contribution in [0.25, 0.3) is 0 Å². The second kappa shape index (κ2) is 8.61. The Bertz CT molecular complexity index is 651. The summed E-state index contributed by atoms with van der Waals surface area (Å²) in [6.07, 6.45) is 1.66. The van der Waals surface area contributed by atoms with Crippen LogP contribution in [0.5, 0.6) is 0 Å². The zero-order valence-electron chi connectivity index (χ0n) is 14.6. The number of rotatable bonds is 8. The predicted octanol–water partition coefficient (Wildman–Crippen LogP) is 5.31.